The van der Waals surface area contributed by atoms with Gasteiger partial charge in [-0.15, -0.1) is 0 Å². The van der Waals surface area contributed by atoms with E-state index < -0.39 is 5.60 Å². The number of hydrogen-bond donors (Lipinski definition) is 1. The molecule has 1 aromatic carbocycles. The lowest BCUT2D eigenvalue weighted by molar-refractivity contribution is -0.00869. The zero-order chi connectivity index (χ0) is 31.7. The monoisotopic (exact) mass is 611 g/mol. The Kier molecular flexibility index (Phi) is 8.89. The number of benzene rings is 1. The third kappa shape index (κ3) is 7.02. The molecule has 2 aromatic rings. The summed E-state index contributed by atoms with van der Waals surface area (Å²) in [5, 5.41) is 24.0. The van der Waals surface area contributed by atoms with Gasteiger partial charge in [-0.05, 0) is 76.7 Å². The van der Waals surface area contributed by atoms with Crippen LogP contribution in [0.5, 0.6) is 5.75 Å². The van der Waals surface area contributed by atoms with Gasteiger partial charge in [0.15, 0.2) is 0 Å². The minimum absolute atomic E-state index is 0.160. The molecule has 5 aliphatic heterocycles. The van der Waals surface area contributed by atoms with Crippen molar-refractivity contribution in [1.82, 2.24) is 24.8 Å². The second-order valence-corrected chi connectivity index (χ2v) is 13.5. The molecule has 0 aliphatic carbocycles. The van der Waals surface area contributed by atoms with Crippen LogP contribution in [-0.4, -0.2) is 108 Å². The van der Waals surface area contributed by atoms with Crippen LogP contribution in [-0.2, 0) is 11.3 Å². The Morgan fingerprint density at radius 1 is 1.09 bits per heavy atom. The van der Waals surface area contributed by atoms with Crippen LogP contribution in [0.1, 0.15) is 37.8 Å². The zero-order valence-corrected chi connectivity index (χ0v) is 27.1. The third-order valence-corrected chi connectivity index (χ3v) is 8.82. The van der Waals surface area contributed by atoms with Gasteiger partial charge in [0.1, 0.15) is 23.9 Å². The van der Waals surface area contributed by atoms with Gasteiger partial charge >= 0.3 is 0 Å². The maximum atomic E-state index is 10.2. The van der Waals surface area contributed by atoms with Crippen LogP contribution < -0.4 is 9.64 Å². The SMILES string of the molecule is CN(C)CCCOc1ccc(CN2C3CC2CN(c2ccc(C4=CC(OCC(C)(C)O)=CN5C4=C(C#N)CN5C)cn2)C3)cc1. The van der Waals surface area contributed by atoms with E-state index >= 15 is 0 Å². The van der Waals surface area contributed by atoms with Crippen LogP contribution in [0.2, 0.25) is 0 Å². The first-order chi connectivity index (χ1) is 21.6. The molecule has 0 radical (unpaired) electrons. The predicted molar refractivity (Wildman–Crippen MR) is 175 cm³/mol. The Labute approximate surface area is 267 Å². The van der Waals surface area contributed by atoms with Crippen molar-refractivity contribution in [2.24, 2.45) is 0 Å². The normalized spacial score (nSPS) is 21.7. The first-order valence-electron chi connectivity index (χ1n) is 15.8. The van der Waals surface area contributed by atoms with Crippen molar-refractivity contribution in [2.75, 3.05) is 65.4 Å². The Morgan fingerprint density at radius 3 is 2.49 bits per heavy atom. The van der Waals surface area contributed by atoms with E-state index in [2.05, 4.69) is 71.3 Å². The van der Waals surface area contributed by atoms with Gasteiger partial charge in [-0.1, -0.05) is 12.1 Å². The van der Waals surface area contributed by atoms with Crippen molar-refractivity contribution in [1.29, 1.82) is 5.26 Å². The second kappa shape index (κ2) is 12.9. The zero-order valence-electron chi connectivity index (χ0n) is 27.1. The number of nitriles is 1. The number of piperidine rings is 1. The summed E-state index contributed by atoms with van der Waals surface area (Å²) < 4.78 is 11.9. The average molecular weight is 612 g/mol. The van der Waals surface area contributed by atoms with E-state index in [4.69, 9.17) is 14.5 Å². The number of ether oxygens (including phenoxy) is 2. The van der Waals surface area contributed by atoms with E-state index in [9.17, 15) is 10.4 Å². The number of nitrogens with zero attached hydrogens (tertiary/aromatic N) is 7. The number of fused-ring (bicyclic) bond motifs is 3. The predicted octanol–water partition coefficient (Wildman–Crippen LogP) is 3.84. The van der Waals surface area contributed by atoms with Crippen LogP contribution in [0.25, 0.3) is 5.57 Å². The van der Waals surface area contributed by atoms with Gasteiger partial charge in [0.2, 0.25) is 0 Å². The molecule has 45 heavy (non-hydrogen) atoms. The molecule has 238 valence electrons. The molecule has 10 nitrogen and oxygen atoms in total. The molecular weight excluding hydrogens is 566 g/mol. The van der Waals surface area contributed by atoms with Crippen LogP contribution in [0.4, 0.5) is 5.82 Å². The molecule has 2 atom stereocenters. The van der Waals surface area contributed by atoms with Gasteiger partial charge in [0.05, 0.1) is 42.3 Å². The van der Waals surface area contributed by atoms with Crippen LogP contribution in [0.3, 0.4) is 0 Å². The molecule has 0 amide bonds. The van der Waals surface area contributed by atoms with Gasteiger partial charge in [0, 0.05) is 62.6 Å². The Bertz CT molecular complexity index is 1490. The van der Waals surface area contributed by atoms with E-state index in [1.165, 1.54) is 12.0 Å². The summed E-state index contributed by atoms with van der Waals surface area (Å²) in [4.78, 5) is 12.1. The van der Waals surface area contributed by atoms with Gasteiger partial charge in [-0.2, -0.15) is 5.26 Å². The molecule has 3 saturated heterocycles. The van der Waals surface area contributed by atoms with Gasteiger partial charge in [-0.25, -0.2) is 9.99 Å². The highest BCUT2D eigenvalue weighted by molar-refractivity contribution is 5.83. The number of allylic oxidation sites excluding steroid dienone is 2. The van der Waals surface area contributed by atoms with Crippen LogP contribution in [0, 0.1) is 11.3 Å². The van der Waals surface area contributed by atoms with E-state index in [-0.39, 0.29) is 6.61 Å². The number of piperazine rings is 1. The molecule has 2 unspecified atom stereocenters. The summed E-state index contributed by atoms with van der Waals surface area (Å²) in [6, 6.07) is 16.2. The Hall–Kier alpha value is -3.88. The first-order valence-corrected chi connectivity index (χ1v) is 15.8. The molecule has 10 heteroatoms. The molecule has 0 spiro atoms. The second-order valence-electron chi connectivity index (χ2n) is 13.5. The van der Waals surface area contributed by atoms with E-state index in [1.54, 1.807) is 13.8 Å². The molecule has 3 fully saturated rings. The largest absolute Gasteiger partial charge is 0.494 e. The number of hydrogen-bond acceptors (Lipinski definition) is 10. The summed E-state index contributed by atoms with van der Waals surface area (Å²) in [5.74, 6) is 2.54. The van der Waals surface area contributed by atoms with Gasteiger partial charge < -0.3 is 24.4 Å². The number of pyridine rings is 1. The lowest BCUT2D eigenvalue weighted by Gasteiger charge is -2.56. The highest BCUT2D eigenvalue weighted by atomic mass is 16.5. The minimum atomic E-state index is -0.960. The average Bonchev–Trinajstić information content (AvgIpc) is 3.36. The van der Waals surface area contributed by atoms with E-state index in [0.717, 1.165) is 67.6 Å². The summed E-state index contributed by atoms with van der Waals surface area (Å²) in [5.41, 5.74) is 3.72. The number of anilines is 1. The van der Waals surface area contributed by atoms with Crippen molar-refractivity contribution in [2.45, 2.75) is 50.9 Å². The van der Waals surface area contributed by atoms with E-state index in [1.807, 2.05) is 35.5 Å². The fourth-order valence-corrected chi connectivity index (χ4v) is 6.49. The lowest BCUT2D eigenvalue weighted by atomic mass is 9.86. The number of rotatable bonds is 12. The molecule has 1 N–H and O–H groups in total. The quantitative estimate of drug-likeness (QED) is 0.357. The highest BCUT2D eigenvalue weighted by Gasteiger charge is 2.44. The van der Waals surface area contributed by atoms with Crippen molar-refractivity contribution in [3.05, 3.63) is 83.0 Å². The number of aromatic nitrogens is 1. The molecule has 1 aromatic heterocycles. The van der Waals surface area contributed by atoms with Crippen molar-refractivity contribution in [3.63, 3.8) is 0 Å². The topological polar surface area (TPSA) is 91.6 Å². The van der Waals surface area contributed by atoms with E-state index in [0.29, 0.717) is 30.0 Å². The van der Waals surface area contributed by atoms with Gasteiger partial charge in [0.25, 0.3) is 0 Å². The van der Waals surface area contributed by atoms with Gasteiger partial charge in [-0.3, -0.25) is 9.91 Å². The minimum Gasteiger partial charge on any atom is -0.494 e. The number of aliphatic hydroxyl groups is 1. The molecular formula is C35H45N7O3. The summed E-state index contributed by atoms with van der Waals surface area (Å²) in [7, 11) is 6.11. The van der Waals surface area contributed by atoms with Crippen LogP contribution >= 0.6 is 0 Å². The molecule has 6 heterocycles. The maximum Gasteiger partial charge on any atom is 0.137 e. The Morgan fingerprint density at radius 2 is 1.84 bits per heavy atom. The summed E-state index contributed by atoms with van der Waals surface area (Å²) in [6.07, 6.45) is 7.97. The maximum absolute atomic E-state index is 10.2. The molecule has 0 saturated carbocycles. The molecule has 2 bridgehead atoms. The fourth-order valence-electron chi connectivity index (χ4n) is 6.49. The molecule has 5 aliphatic rings. The van der Waals surface area contributed by atoms with Crippen molar-refractivity contribution in [3.8, 4) is 11.8 Å². The van der Waals surface area contributed by atoms with Crippen molar-refractivity contribution < 1.29 is 14.6 Å². The van der Waals surface area contributed by atoms with Crippen molar-refractivity contribution >= 4 is 11.4 Å². The standard InChI is InChI=1S/C35H45N7O3/c1-35(2,43)24-45-31-16-32(34-27(17-36)20-39(5)42(34)23-31)26-9-12-33(37-18-26)40-21-28-15-29(22-40)41(28)19-25-7-10-30(11-8-25)44-14-6-13-38(3)4/h7-12,16,18,23,28-29,43H,6,13-15,19-22,24H2,1-5H3. The summed E-state index contributed by atoms with van der Waals surface area (Å²) >= 11 is 0. The number of hydrazine groups is 1. The van der Waals surface area contributed by atoms with Crippen LogP contribution in [0.15, 0.2) is 71.9 Å². The molecule has 7 rings (SSSR count). The summed E-state index contributed by atoms with van der Waals surface area (Å²) in [6.45, 7) is 8.75. The lowest BCUT2D eigenvalue weighted by Crippen LogP contribution is -2.68. The fraction of sp³-hybridized carbons (Fsp3) is 0.486. The highest BCUT2D eigenvalue weighted by Crippen LogP contribution is 2.40. The number of likely N-dealkylation sites (N-methyl/N-ethyl adjacent to an activating group) is 1. The third-order valence-electron chi connectivity index (χ3n) is 8.82. The Balaban J connectivity index is 1.09. The smallest absolute Gasteiger partial charge is 0.137 e. The first kappa shape index (κ1) is 31.1.